The quantitative estimate of drug-likeness (QED) is 0.572. The molecule has 3 nitrogen and oxygen atoms in total. The molecule has 1 heterocycles. The summed E-state index contributed by atoms with van der Waals surface area (Å²) in [5.74, 6) is 0.0284. The van der Waals surface area contributed by atoms with Gasteiger partial charge in [0.1, 0.15) is 0 Å². The molecule has 2 unspecified atom stereocenters. The van der Waals surface area contributed by atoms with Crippen molar-refractivity contribution in [1.82, 2.24) is 5.32 Å². The summed E-state index contributed by atoms with van der Waals surface area (Å²) in [6.07, 6.45) is 1.75. The molecule has 0 saturated carbocycles. The van der Waals surface area contributed by atoms with Crippen LogP contribution in [0.2, 0.25) is 0 Å². The van der Waals surface area contributed by atoms with Crippen molar-refractivity contribution >= 4 is 21.8 Å². The van der Waals surface area contributed by atoms with Gasteiger partial charge < -0.3 is 10.4 Å². The molecular formula is C14H14BrNO2. The number of nitrogens with one attached hydrogen (secondary N) is 1. The maximum atomic E-state index is 12.0. The topological polar surface area (TPSA) is 49.3 Å². The van der Waals surface area contributed by atoms with Crippen LogP contribution < -0.4 is 5.32 Å². The van der Waals surface area contributed by atoms with Gasteiger partial charge in [-0.15, -0.1) is 0 Å². The largest absolute Gasteiger partial charge is 0.512 e. The summed E-state index contributed by atoms with van der Waals surface area (Å²) >= 11 is 3.47. The van der Waals surface area contributed by atoms with Gasteiger partial charge in [0.05, 0.1) is 11.3 Å². The van der Waals surface area contributed by atoms with E-state index in [1.807, 2.05) is 6.07 Å². The molecule has 0 aromatic heterocycles. The molecule has 4 heteroatoms. The van der Waals surface area contributed by atoms with Gasteiger partial charge in [-0.2, -0.15) is 0 Å². The lowest BCUT2D eigenvalue weighted by Gasteiger charge is -2.38. The number of amides is 1. The van der Waals surface area contributed by atoms with Crippen LogP contribution in [-0.2, 0) is 11.2 Å². The van der Waals surface area contributed by atoms with E-state index in [0.29, 0.717) is 5.57 Å². The summed E-state index contributed by atoms with van der Waals surface area (Å²) in [5, 5.41) is 12.7. The number of aliphatic hydroxyl groups excluding tert-OH is 1. The number of fused-ring (bicyclic) bond motifs is 4. The molecule has 1 aromatic rings. The first kappa shape index (κ1) is 11.8. The third kappa shape index (κ3) is 1.75. The SMILES string of the molecule is C/C(O)=C1/C(=O)NC2Cc3ccc(Br)cc3C1C2. The summed E-state index contributed by atoms with van der Waals surface area (Å²) < 4.78 is 1.01. The van der Waals surface area contributed by atoms with Crippen molar-refractivity contribution in [2.75, 3.05) is 0 Å². The first-order valence-corrected chi connectivity index (χ1v) is 6.84. The van der Waals surface area contributed by atoms with Gasteiger partial charge in [0.15, 0.2) is 0 Å². The fraction of sp³-hybridized carbons (Fsp3) is 0.357. The first-order chi connectivity index (χ1) is 8.56. The molecule has 0 spiro atoms. The Labute approximate surface area is 114 Å². The summed E-state index contributed by atoms with van der Waals surface area (Å²) in [7, 11) is 0. The van der Waals surface area contributed by atoms with E-state index in [4.69, 9.17) is 0 Å². The van der Waals surface area contributed by atoms with Gasteiger partial charge in [-0.3, -0.25) is 4.79 Å². The van der Waals surface area contributed by atoms with E-state index < -0.39 is 0 Å². The highest BCUT2D eigenvalue weighted by Gasteiger charge is 2.38. The van der Waals surface area contributed by atoms with Crippen molar-refractivity contribution in [3.8, 4) is 0 Å². The predicted octanol–water partition coefficient (Wildman–Crippen LogP) is 2.81. The molecular weight excluding hydrogens is 294 g/mol. The third-order valence-corrected chi connectivity index (χ3v) is 4.28. The summed E-state index contributed by atoms with van der Waals surface area (Å²) in [5.41, 5.74) is 2.95. The zero-order valence-electron chi connectivity index (χ0n) is 10.0. The fourth-order valence-electron chi connectivity index (χ4n) is 3.06. The molecule has 1 aliphatic heterocycles. The van der Waals surface area contributed by atoms with Crippen molar-refractivity contribution < 1.29 is 9.90 Å². The number of carbonyl (C=O) groups is 1. The summed E-state index contributed by atoms with van der Waals surface area (Å²) in [4.78, 5) is 12.0. The van der Waals surface area contributed by atoms with Crippen molar-refractivity contribution in [2.45, 2.75) is 31.7 Å². The van der Waals surface area contributed by atoms with Crippen LogP contribution in [0.4, 0.5) is 0 Å². The van der Waals surface area contributed by atoms with E-state index in [1.165, 1.54) is 11.1 Å². The van der Waals surface area contributed by atoms with Gasteiger partial charge in [0, 0.05) is 16.4 Å². The Bertz CT molecular complexity index is 561. The van der Waals surface area contributed by atoms with Crippen molar-refractivity contribution in [2.24, 2.45) is 0 Å². The minimum absolute atomic E-state index is 0.0231. The maximum absolute atomic E-state index is 12.0. The standard InChI is InChI=1S/C14H14BrNO2/c1-7(17)13-12-6-10(16-14(13)18)4-8-2-3-9(15)5-11(8)12/h2-3,5,10,12,17H,4,6H2,1H3,(H,16,18)/b13-7-. The lowest BCUT2D eigenvalue weighted by atomic mass is 9.73. The van der Waals surface area contributed by atoms with E-state index in [2.05, 4.69) is 33.4 Å². The van der Waals surface area contributed by atoms with Crippen LogP contribution in [-0.4, -0.2) is 17.1 Å². The Morgan fingerprint density at radius 3 is 3.00 bits per heavy atom. The van der Waals surface area contributed by atoms with Crippen molar-refractivity contribution in [3.05, 3.63) is 45.1 Å². The van der Waals surface area contributed by atoms with Gasteiger partial charge in [-0.25, -0.2) is 0 Å². The van der Waals surface area contributed by atoms with E-state index in [0.717, 1.165) is 17.3 Å². The zero-order valence-corrected chi connectivity index (χ0v) is 11.6. The molecule has 94 valence electrons. The van der Waals surface area contributed by atoms with Crippen LogP contribution in [0.15, 0.2) is 34.0 Å². The average molecular weight is 308 g/mol. The second-order valence-corrected chi connectivity index (χ2v) is 5.92. The molecule has 1 amide bonds. The number of aliphatic hydroxyl groups is 1. The second-order valence-electron chi connectivity index (χ2n) is 5.01. The second kappa shape index (κ2) is 4.12. The highest BCUT2D eigenvalue weighted by atomic mass is 79.9. The van der Waals surface area contributed by atoms with Gasteiger partial charge in [-0.05, 0) is 43.0 Å². The summed E-state index contributed by atoms with van der Waals surface area (Å²) in [6, 6.07) is 6.38. The molecule has 2 N–H and O–H groups in total. The highest BCUT2D eigenvalue weighted by Crippen LogP contribution is 2.41. The molecule has 3 rings (SSSR count). The lowest BCUT2D eigenvalue weighted by Crippen LogP contribution is -2.47. The number of halogens is 1. The van der Waals surface area contributed by atoms with Crippen LogP contribution in [0.5, 0.6) is 0 Å². The first-order valence-electron chi connectivity index (χ1n) is 6.05. The van der Waals surface area contributed by atoms with E-state index >= 15 is 0 Å². The van der Waals surface area contributed by atoms with Crippen LogP contribution in [0.25, 0.3) is 0 Å². The average Bonchev–Trinajstić information content (AvgIpc) is 2.29. The number of allylic oxidation sites excluding steroid dienone is 1. The summed E-state index contributed by atoms with van der Waals surface area (Å²) in [6.45, 7) is 1.58. The molecule has 1 fully saturated rings. The third-order valence-electron chi connectivity index (χ3n) is 3.79. The minimum Gasteiger partial charge on any atom is -0.512 e. The van der Waals surface area contributed by atoms with Gasteiger partial charge in [0.25, 0.3) is 5.91 Å². The van der Waals surface area contributed by atoms with Crippen LogP contribution in [0, 0.1) is 0 Å². The number of rotatable bonds is 0. The number of hydrogen-bond donors (Lipinski definition) is 2. The van der Waals surface area contributed by atoms with Crippen LogP contribution in [0.1, 0.15) is 30.4 Å². The molecule has 2 atom stereocenters. The minimum atomic E-state index is -0.123. The van der Waals surface area contributed by atoms with E-state index in [-0.39, 0.29) is 23.6 Å². The predicted molar refractivity (Wildman–Crippen MR) is 72.5 cm³/mol. The molecule has 1 aliphatic carbocycles. The Hall–Kier alpha value is -1.29. The Kier molecular flexibility index (Phi) is 2.70. The van der Waals surface area contributed by atoms with Gasteiger partial charge >= 0.3 is 0 Å². The zero-order chi connectivity index (χ0) is 12.9. The Morgan fingerprint density at radius 2 is 2.28 bits per heavy atom. The number of piperidine rings is 1. The molecule has 1 aromatic carbocycles. The van der Waals surface area contributed by atoms with Crippen molar-refractivity contribution in [3.63, 3.8) is 0 Å². The fourth-order valence-corrected chi connectivity index (χ4v) is 3.44. The number of carbonyl (C=O) groups excluding carboxylic acids is 1. The molecule has 18 heavy (non-hydrogen) atoms. The monoisotopic (exact) mass is 307 g/mol. The number of benzene rings is 1. The molecule has 0 radical (unpaired) electrons. The van der Waals surface area contributed by atoms with Crippen LogP contribution in [0.3, 0.4) is 0 Å². The molecule has 1 saturated heterocycles. The molecule has 2 bridgehead atoms. The van der Waals surface area contributed by atoms with Crippen molar-refractivity contribution in [1.29, 1.82) is 0 Å². The maximum Gasteiger partial charge on any atom is 0.251 e. The van der Waals surface area contributed by atoms with Gasteiger partial charge in [0.2, 0.25) is 0 Å². The lowest BCUT2D eigenvalue weighted by molar-refractivity contribution is -0.119. The number of hydrogen-bond acceptors (Lipinski definition) is 2. The van der Waals surface area contributed by atoms with Crippen LogP contribution >= 0.6 is 15.9 Å². The smallest absolute Gasteiger partial charge is 0.251 e. The Morgan fingerprint density at radius 1 is 1.50 bits per heavy atom. The van der Waals surface area contributed by atoms with Gasteiger partial charge in [-0.1, -0.05) is 22.0 Å². The normalized spacial score (nSPS) is 28.4. The molecule has 2 aliphatic rings. The highest BCUT2D eigenvalue weighted by molar-refractivity contribution is 9.10. The van der Waals surface area contributed by atoms with E-state index in [9.17, 15) is 9.90 Å². The Balaban J connectivity index is 2.17. The van der Waals surface area contributed by atoms with E-state index in [1.54, 1.807) is 6.92 Å².